The van der Waals surface area contributed by atoms with Crippen LogP contribution in [0, 0.1) is 18.3 Å². The van der Waals surface area contributed by atoms with Crippen molar-refractivity contribution < 1.29 is 22.3 Å². The number of halogens is 1. The van der Waals surface area contributed by atoms with E-state index in [-0.39, 0.29) is 40.5 Å². The smallest absolute Gasteiger partial charge is 0.296 e. The van der Waals surface area contributed by atoms with Gasteiger partial charge in [0.15, 0.2) is 5.78 Å². The predicted octanol–water partition coefficient (Wildman–Crippen LogP) is -0.552. The van der Waals surface area contributed by atoms with Crippen LogP contribution in [0.2, 0.25) is 0 Å². The number of nitriles is 1. The van der Waals surface area contributed by atoms with Crippen molar-refractivity contribution in [1.82, 2.24) is 13.9 Å². The molecule has 0 aliphatic rings. The quantitative estimate of drug-likeness (QED) is 0.410. The standard InChI is InChI=1S/C24H18N4O4.ClH/c1-15-21(24(32)28(26(15)2)18-8-4-3-5-9-18)27-14-17(12-16(13-25)23(27)31)22(30)19-10-6-7-11-20(19)29;/h3-12,14,29H,1-2H3;1H/p-1. The van der Waals surface area contributed by atoms with E-state index >= 15 is 0 Å². The van der Waals surface area contributed by atoms with Crippen molar-refractivity contribution in [2.75, 3.05) is 0 Å². The second-order valence-electron chi connectivity index (χ2n) is 7.19. The molecule has 2 heterocycles. The number of nitrogens with zero attached hydrogens (tertiary/aromatic N) is 4. The Labute approximate surface area is 194 Å². The highest BCUT2D eigenvalue weighted by Crippen LogP contribution is 2.21. The Bertz CT molecular complexity index is 1530. The third-order valence-electron chi connectivity index (χ3n) is 5.31. The summed E-state index contributed by atoms with van der Waals surface area (Å²) in [5.41, 5.74) is -0.363. The predicted molar refractivity (Wildman–Crippen MR) is 118 cm³/mol. The minimum atomic E-state index is -0.715. The molecule has 4 rings (SSSR count). The fourth-order valence-corrected chi connectivity index (χ4v) is 3.61. The molecular formula is C24H18ClN4O4-. The number of hydrogen-bond acceptors (Lipinski definition) is 5. The van der Waals surface area contributed by atoms with Crippen molar-refractivity contribution in [2.24, 2.45) is 7.05 Å². The Morgan fingerprint density at radius 1 is 1.00 bits per heavy atom. The van der Waals surface area contributed by atoms with Crippen molar-refractivity contribution in [3.8, 4) is 23.2 Å². The molecular weight excluding hydrogens is 444 g/mol. The molecule has 0 radical (unpaired) electrons. The number of para-hydroxylation sites is 2. The van der Waals surface area contributed by atoms with E-state index < -0.39 is 16.9 Å². The second-order valence-corrected chi connectivity index (χ2v) is 7.19. The summed E-state index contributed by atoms with van der Waals surface area (Å²) in [4.78, 5) is 39.3. The van der Waals surface area contributed by atoms with E-state index in [1.165, 1.54) is 29.1 Å². The van der Waals surface area contributed by atoms with Gasteiger partial charge in [-0.25, -0.2) is 4.68 Å². The lowest BCUT2D eigenvalue weighted by atomic mass is 10.0. The molecule has 2 aromatic heterocycles. The summed E-state index contributed by atoms with van der Waals surface area (Å²) in [7, 11) is 1.68. The minimum absolute atomic E-state index is 0. The molecule has 0 amide bonds. The molecule has 9 heteroatoms. The maximum Gasteiger partial charge on any atom is 0.296 e. The maximum absolute atomic E-state index is 13.3. The molecule has 0 spiro atoms. The van der Waals surface area contributed by atoms with Crippen molar-refractivity contribution in [3.63, 3.8) is 0 Å². The molecule has 0 aliphatic carbocycles. The summed E-state index contributed by atoms with van der Waals surface area (Å²) in [5, 5.41) is 19.5. The van der Waals surface area contributed by atoms with Crippen LogP contribution in [0.15, 0.2) is 76.4 Å². The molecule has 1 N–H and O–H groups in total. The zero-order chi connectivity index (χ0) is 23.0. The molecule has 0 unspecified atom stereocenters. The zero-order valence-electron chi connectivity index (χ0n) is 17.7. The Morgan fingerprint density at radius 2 is 1.64 bits per heavy atom. The minimum Gasteiger partial charge on any atom is -1.00 e. The summed E-state index contributed by atoms with van der Waals surface area (Å²) < 4.78 is 4.03. The first kappa shape index (κ1) is 23.3. The monoisotopic (exact) mass is 461 g/mol. The number of phenols is 1. The van der Waals surface area contributed by atoms with Gasteiger partial charge in [0.1, 0.15) is 23.1 Å². The molecule has 0 aliphatic heterocycles. The maximum atomic E-state index is 13.3. The second kappa shape index (κ2) is 9.02. The summed E-state index contributed by atoms with van der Waals surface area (Å²) in [6.07, 6.45) is 1.23. The molecule has 0 saturated heterocycles. The van der Waals surface area contributed by atoms with Crippen LogP contribution in [0.1, 0.15) is 27.2 Å². The van der Waals surface area contributed by atoms with Gasteiger partial charge in [-0.05, 0) is 37.3 Å². The van der Waals surface area contributed by atoms with Gasteiger partial charge in [-0.3, -0.25) is 23.6 Å². The molecule has 33 heavy (non-hydrogen) atoms. The number of ketones is 1. The number of carbonyl (C=O) groups is 1. The first-order valence-electron chi connectivity index (χ1n) is 9.69. The van der Waals surface area contributed by atoms with Gasteiger partial charge in [-0.15, -0.1) is 0 Å². The summed E-state index contributed by atoms with van der Waals surface area (Å²) in [5.74, 6) is -0.804. The number of pyridine rings is 1. The molecule has 166 valence electrons. The number of hydrogen-bond donors (Lipinski definition) is 1. The normalized spacial score (nSPS) is 10.3. The lowest BCUT2D eigenvalue weighted by molar-refractivity contribution is -0.0000154. The molecule has 2 aromatic carbocycles. The largest absolute Gasteiger partial charge is 1.00 e. The average molecular weight is 462 g/mol. The van der Waals surface area contributed by atoms with Crippen molar-refractivity contribution in [3.05, 3.63) is 110 Å². The molecule has 0 saturated carbocycles. The van der Waals surface area contributed by atoms with Gasteiger partial charge in [0.05, 0.1) is 16.9 Å². The fraction of sp³-hybridized carbons (Fsp3) is 0.0833. The lowest BCUT2D eigenvalue weighted by Crippen LogP contribution is -3.00. The number of aromatic hydroxyl groups is 1. The van der Waals surface area contributed by atoms with Crippen LogP contribution in [-0.2, 0) is 7.05 Å². The van der Waals surface area contributed by atoms with E-state index in [2.05, 4.69) is 0 Å². The van der Waals surface area contributed by atoms with E-state index in [4.69, 9.17) is 0 Å². The van der Waals surface area contributed by atoms with E-state index in [1.54, 1.807) is 61.1 Å². The number of rotatable bonds is 4. The van der Waals surface area contributed by atoms with Gasteiger partial charge >= 0.3 is 0 Å². The zero-order valence-corrected chi connectivity index (χ0v) is 18.4. The van der Waals surface area contributed by atoms with Crippen LogP contribution in [-0.4, -0.2) is 24.8 Å². The first-order chi connectivity index (χ1) is 15.3. The Morgan fingerprint density at radius 3 is 2.27 bits per heavy atom. The molecule has 0 atom stereocenters. The Kier molecular flexibility index (Phi) is 6.38. The number of phenolic OH excluding ortho intramolecular Hbond substituents is 1. The molecule has 0 bridgehead atoms. The molecule has 4 aromatic rings. The van der Waals surface area contributed by atoms with Crippen LogP contribution in [0.25, 0.3) is 11.4 Å². The van der Waals surface area contributed by atoms with Crippen molar-refractivity contribution in [2.45, 2.75) is 6.92 Å². The van der Waals surface area contributed by atoms with Gasteiger partial charge in [-0.2, -0.15) is 5.26 Å². The van der Waals surface area contributed by atoms with Crippen molar-refractivity contribution in [1.29, 1.82) is 5.26 Å². The highest BCUT2D eigenvalue weighted by molar-refractivity contribution is 6.10. The highest BCUT2D eigenvalue weighted by atomic mass is 35.5. The van der Waals surface area contributed by atoms with Crippen LogP contribution in [0.5, 0.6) is 5.75 Å². The third-order valence-corrected chi connectivity index (χ3v) is 5.31. The number of aromatic nitrogens is 3. The van der Waals surface area contributed by atoms with Gasteiger partial charge in [0.2, 0.25) is 0 Å². The first-order valence-corrected chi connectivity index (χ1v) is 9.69. The van der Waals surface area contributed by atoms with E-state index in [0.717, 1.165) is 4.57 Å². The molecule has 0 fully saturated rings. The van der Waals surface area contributed by atoms with Crippen molar-refractivity contribution >= 4 is 5.78 Å². The number of carbonyl (C=O) groups excluding carboxylic acids is 1. The summed E-state index contributed by atoms with van der Waals surface area (Å²) in [6.45, 7) is 1.67. The van der Waals surface area contributed by atoms with Crippen LogP contribution >= 0.6 is 0 Å². The van der Waals surface area contributed by atoms with E-state index in [9.17, 15) is 24.8 Å². The molecule has 8 nitrogen and oxygen atoms in total. The van der Waals surface area contributed by atoms with Crippen LogP contribution < -0.4 is 23.5 Å². The van der Waals surface area contributed by atoms with E-state index in [1.807, 2.05) is 6.07 Å². The van der Waals surface area contributed by atoms with Gasteiger partial charge in [0.25, 0.3) is 11.1 Å². The Balaban J connectivity index is 0.00000306. The van der Waals surface area contributed by atoms with Gasteiger partial charge in [0, 0.05) is 18.8 Å². The van der Waals surface area contributed by atoms with Crippen LogP contribution in [0.4, 0.5) is 0 Å². The lowest BCUT2D eigenvalue weighted by Gasteiger charge is -2.09. The topological polar surface area (TPSA) is 110 Å². The third kappa shape index (κ3) is 3.86. The average Bonchev–Trinajstić information content (AvgIpc) is 3.02. The van der Waals surface area contributed by atoms with E-state index in [0.29, 0.717) is 11.4 Å². The van der Waals surface area contributed by atoms with Gasteiger partial charge in [-0.1, -0.05) is 30.3 Å². The summed E-state index contributed by atoms with van der Waals surface area (Å²) in [6, 6.07) is 17.8. The number of benzene rings is 2. The highest BCUT2D eigenvalue weighted by Gasteiger charge is 2.22. The van der Waals surface area contributed by atoms with Crippen LogP contribution in [0.3, 0.4) is 0 Å². The summed E-state index contributed by atoms with van der Waals surface area (Å²) >= 11 is 0. The fourth-order valence-electron chi connectivity index (χ4n) is 3.61. The SMILES string of the molecule is Cc1c(-n2cc(C(=O)c3ccccc3O)cc(C#N)c2=O)c(=O)n(-c2ccccc2)n1C.[Cl-]. The Hall–Kier alpha value is -4.35. The van der Waals surface area contributed by atoms with Gasteiger partial charge < -0.3 is 17.5 Å².